The molecule has 7 nitrogen and oxygen atoms in total. The number of nitro groups is 1. The molecule has 0 radical (unpaired) electrons. The average molecular weight is 251 g/mol. The summed E-state index contributed by atoms with van der Waals surface area (Å²) in [5, 5.41) is 19.8. The van der Waals surface area contributed by atoms with Crippen LogP contribution in [0, 0.1) is 22.5 Å². The van der Waals surface area contributed by atoms with Gasteiger partial charge in [0, 0.05) is 0 Å². The van der Waals surface area contributed by atoms with Crippen molar-refractivity contribution in [2.75, 3.05) is 13.7 Å². The van der Waals surface area contributed by atoms with Crippen molar-refractivity contribution in [1.82, 2.24) is 0 Å². The number of carbonyl (C=O) groups is 1. The van der Waals surface area contributed by atoms with Gasteiger partial charge in [0.2, 0.25) is 5.75 Å². The Hall–Kier alpha value is -2.75. The Bertz CT molecular complexity index is 496. The van der Waals surface area contributed by atoms with Crippen LogP contribution in [0.2, 0.25) is 0 Å². The van der Waals surface area contributed by atoms with Crippen molar-refractivity contribution in [3.63, 3.8) is 0 Å². The van der Waals surface area contributed by atoms with Crippen molar-refractivity contribution in [3.05, 3.63) is 27.8 Å². The summed E-state index contributed by atoms with van der Waals surface area (Å²) in [7, 11) is 1.27. The second kappa shape index (κ2) is 5.54. The van der Waals surface area contributed by atoms with E-state index in [2.05, 4.69) is 5.92 Å². The maximum absolute atomic E-state index is 11.0. The van der Waals surface area contributed by atoms with Crippen LogP contribution in [-0.2, 0) is 0 Å². The van der Waals surface area contributed by atoms with E-state index in [-0.39, 0.29) is 23.7 Å². The number of aromatic carboxylic acids is 1. The molecule has 1 rings (SSSR count). The standard InChI is InChI=1S/C11H9NO6/c1-3-4-18-10-8(11(13)14)5-7(17-2)6-9(10)12(15)16/h1,5-6H,4H2,2H3,(H,13,14). The highest BCUT2D eigenvalue weighted by Crippen LogP contribution is 2.35. The molecule has 0 saturated heterocycles. The molecule has 18 heavy (non-hydrogen) atoms. The predicted octanol–water partition coefficient (Wildman–Crippen LogP) is 1.31. The van der Waals surface area contributed by atoms with Crippen molar-refractivity contribution in [1.29, 1.82) is 0 Å². The maximum Gasteiger partial charge on any atom is 0.339 e. The first kappa shape index (κ1) is 13.3. The summed E-state index contributed by atoms with van der Waals surface area (Å²) in [6, 6.07) is 2.19. The lowest BCUT2D eigenvalue weighted by atomic mass is 10.1. The van der Waals surface area contributed by atoms with Crippen molar-refractivity contribution in [3.8, 4) is 23.8 Å². The van der Waals surface area contributed by atoms with Gasteiger partial charge in [0.25, 0.3) is 0 Å². The van der Waals surface area contributed by atoms with E-state index in [1.807, 2.05) is 0 Å². The normalized spacial score (nSPS) is 9.33. The third-order valence-electron chi connectivity index (χ3n) is 2.01. The summed E-state index contributed by atoms with van der Waals surface area (Å²) in [4.78, 5) is 21.1. The van der Waals surface area contributed by atoms with Crippen LogP contribution in [0.5, 0.6) is 11.5 Å². The Morgan fingerprint density at radius 1 is 1.61 bits per heavy atom. The Balaban J connectivity index is 3.45. The lowest BCUT2D eigenvalue weighted by molar-refractivity contribution is -0.385. The molecule has 0 aliphatic heterocycles. The molecule has 0 spiro atoms. The number of methoxy groups -OCH3 is 1. The number of nitrogens with zero attached hydrogens (tertiary/aromatic N) is 1. The van der Waals surface area contributed by atoms with Crippen LogP contribution in [-0.4, -0.2) is 29.7 Å². The van der Waals surface area contributed by atoms with E-state index in [4.69, 9.17) is 21.0 Å². The number of hydrogen-bond donors (Lipinski definition) is 1. The molecule has 1 aromatic rings. The number of carboxylic acids is 1. The highest BCUT2D eigenvalue weighted by Gasteiger charge is 2.25. The van der Waals surface area contributed by atoms with Crippen molar-refractivity contribution in [2.45, 2.75) is 0 Å². The molecule has 94 valence electrons. The van der Waals surface area contributed by atoms with E-state index >= 15 is 0 Å². The third-order valence-corrected chi connectivity index (χ3v) is 2.01. The maximum atomic E-state index is 11.0. The molecule has 1 N–H and O–H groups in total. The zero-order valence-corrected chi connectivity index (χ0v) is 9.37. The monoisotopic (exact) mass is 251 g/mol. The average Bonchev–Trinajstić information content (AvgIpc) is 2.34. The number of ether oxygens (including phenoxy) is 2. The Labute approximate surface area is 102 Å². The molecule has 0 bridgehead atoms. The molecule has 0 aromatic heterocycles. The van der Waals surface area contributed by atoms with Gasteiger partial charge >= 0.3 is 11.7 Å². The number of benzene rings is 1. The van der Waals surface area contributed by atoms with E-state index < -0.39 is 16.6 Å². The molecule has 7 heteroatoms. The van der Waals surface area contributed by atoms with Crippen LogP contribution in [0.1, 0.15) is 10.4 Å². The summed E-state index contributed by atoms with van der Waals surface area (Å²) < 4.78 is 9.72. The number of terminal acetylenes is 1. The van der Waals surface area contributed by atoms with Crippen LogP contribution in [0.25, 0.3) is 0 Å². The van der Waals surface area contributed by atoms with Gasteiger partial charge in [-0.3, -0.25) is 10.1 Å². The second-order valence-corrected chi connectivity index (χ2v) is 3.08. The summed E-state index contributed by atoms with van der Waals surface area (Å²) in [5.74, 6) is 0.402. The Morgan fingerprint density at radius 2 is 2.28 bits per heavy atom. The predicted molar refractivity (Wildman–Crippen MR) is 60.9 cm³/mol. The minimum atomic E-state index is -1.37. The second-order valence-electron chi connectivity index (χ2n) is 3.08. The third kappa shape index (κ3) is 2.68. The largest absolute Gasteiger partial charge is 0.496 e. The fourth-order valence-corrected chi connectivity index (χ4v) is 1.27. The van der Waals surface area contributed by atoms with Crippen LogP contribution in [0.3, 0.4) is 0 Å². The van der Waals surface area contributed by atoms with Gasteiger partial charge in [-0.05, 0) is 6.07 Å². The first-order valence-corrected chi connectivity index (χ1v) is 4.67. The van der Waals surface area contributed by atoms with E-state index in [0.29, 0.717) is 0 Å². The SMILES string of the molecule is C#CCOc1c(C(=O)O)cc(OC)cc1[N+](=O)[O-]. The van der Waals surface area contributed by atoms with Crippen molar-refractivity contribution >= 4 is 11.7 Å². The molecule has 0 atom stereocenters. The summed E-state index contributed by atoms with van der Waals surface area (Å²) in [6.45, 7) is -0.270. The van der Waals surface area contributed by atoms with Crippen LogP contribution >= 0.6 is 0 Å². The molecule has 0 fully saturated rings. The van der Waals surface area contributed by atoms with E-state index in [0.717, 1.165) is 12.1 Å². The fraction of sp³-hybridized carbons (Fsp3) is 0.182. The number of carboxylic acid groups (broad SMARTS) is 1. The molecule has 0 aliphatic rings. The summed E-state index contributed by atoms with van der Waals surface area (Å²) in [6.07, 6.45) is 4.97. The molecule has 0 saturated carbocycles. The van der Waals surface area contributed by atoms with Gasteiger partial charge in [-0.15, -0.1) is 6.42 Å². The first-order chi connectivity index (χ1) is 8.51. The van der Waals surface area contributed by atoms with Crippen LogP contribution in [0.15, 0.2) is 12.1 Å². The van der Waals surface area contributed by atoms with Crippen molar-refractivity contribution in [2.24, 2.45) is 0 Å². The molecule has 0 amide bonds. The van der Waals surface area contributed by atoms with Gasteiger partial charge in [-0.1, -0.05) is 5.92 Å². The highest BCUT2D eigenvalue weighted by molar-refractivity contribution is 5.93. The molecular formula is C11H9NO6. The van der Waals surface area contributed by atoms with E-state index in [1.54, 1.807) is 0 Å². The van der Waals surface area contributed by atoms with Gasteiger partial charge < -0.3 is 14.6 Å². The fourth-order valence-electron chi connectivity index (χ4n) is 1.27. The minimum absolute atomic E-state index is 0.0483. The zero-order valence-electron chi connectivity index (χ0n) is 9.37. The van der Waals surface area contributed by atoms with Gasteiger partial charge in [0.1, 0.15) is 17.9 Å². The number of nitro benzene ring substituents is 1. The van der Waals surface area contributed by atoms with Gasteiger partial charge in [-0.25, -0.2) is 4.79 Å². The molecule has 1 aromatic carbocycles. The highest BCUT2D eigenvalue weighted by atomic mass is 16.6. The molecule has 0 unspecified atom stereocenters. The first-order valence-electron chi connectivity index (χ1n) is 4.67. The number of hydrogen-bond acceptors (Lipinski definition) is 5. The van der Waals surface area contributed by atoms with Gasteiger partial charge in [0.05, 0.1) is 18.1 Å². The smallest absolute Gasteiger partial charge is 0.339 e. The van der Waals surface area contributed by atoms with Crippen LogP contribution < -0.4 is 9.47 Å². The lowest BCUT2D eigenvalue weighted by Crippen LogP contribution is -2.07. The van der Waals surface area contributed by atoms with Gasteiger partial charge in [0.15, 0.2) is 0 Å². The zero-order chi connectivity index (χ0) is 13.7. The topological polar surface area (TPSA) is 98.9 Å². The van der Waals surface area contributed by atoms with E-state index in [1.165, 1.54) is 7.11 Å². The minimum Gasteiger partial charge on any atom is -0.496 e. The lowest BCUT2D eigenvalue weighted by Gasteiger charge is -2.09. The summed E-state index contributed by atoms with van der Waals surface area (Å²) in [5.41, 5.74) is -0.890. The Kier molecular flexibility index (Phi) is 4.10. The quantitative estimate of drug-likeness (QED) is 0.481. The molecular weight excluding hydrogens is 242 g/mol. The van der Waals surface area contributed by atoms with Crippen molar-refractivity contribution < 1.29 is 24.3 Å². The molecule has 0 heterocycles. The van der Waals surface area contributed by atoms with Crippen LogP contribution in [0.4, 0.5) is 5.69 Å². The molecule has 0 aliphatic carbocycles. The Morgan fingerprint density at radius 3 is 2.72 bits per heavy atom. The van der Waals surface area contributed by atoms with E-state index in [9.17, 15) is 14.9 Å². The number of rotatable bonds is 5. The summed E-state index contributed by atoms with van der Waals surface area (Å²) >= 11 is 0. The van der Waals surface area contributed by atoms with Gasteiger partial charge in [-0.2, -0.15) is 0 Å².